The molecule has 3 aliphatic heterocycles. The van der Waals surface area contributed by atoms with Crippen molar-refractivity contribution in [2.24, 2.45) is 11.8 Å². The van der Waals surface area contributed by atoms with Gasteiger partial charge in [0.05, 0.1) is 12.6 Å². The van der Waals surface area contributed by atoms with Gasteiger partial charge in [0.25, 0.3) is 0 Å². The topological polar surface area (TPSA) is 146 Å². The van der Waals surface area contributed by atoms with Gasteiger partial charge in [-0.1, -0.05) is 18.6 Å². The van der Waals surface area contributed by atoms with Gasteiger partial charge in [0.1, 0.15) is 18.0 Å². The highest BCUT2D eigenvalue weighted by molar-refractivity contribution is 6.05. The molecule has 210 valence electrons. The Bertz CT molecular complexity index is 1170. The highest BCUT2D eigenvalue weighted by atomic mass is 16.5. The summed E-state index contributed by atoms with van der Waals surface area (Å²) >= 11 is 0. The Morgan fingerprint density at radius 2 is 1.95 bits per heavy atom. The molecule has 0 bridgehead atoms. The number of esters is 1. The second-order valence-corrected chi connectivity index (χ2v) is 11.2. The van der Waals surface area contributed by atoms with E-state index in [1.54, 1.807) is 37.1 Å². The predicted octanol–water partition coefficient (Wildman–Crippen LogP) is 0.831. The standard InChI is InChI=1S/C28H37N5O6/c1-16(29-2)23(34)32-21-8-4-6-18-14-28(18)11-9-22(33(28)26(21)37)25(36)30-15-17-5-3-7-19(13-17)31-24(35)20-10-12-39-27(20)38/h3,5,7,13,16,18,20-22,29H,4,6,8-12,14-15H2,1-2H3,(H,30,36)(H,31,35)(H,32,34)/t16-,18?,20?,21-,22-,28?/m0/s1. The number of anilines is 1. The number of cyclic esters (lactones) is 1. The van der Waals surface area contributed by atoms with Crippen LogP contribution >= 0.6 is 0 Å². The molecule has 11 nitrogen and oxygen atoms in total. The van der Waals surface area contributed by atoms with Crippen molar-refractivity contribution in [1.82, 2.24) is 20.9 Å². The number of carbonyl (C=O) groups excluding carboxylic acids is 5. The van der Waals surface area contributed by atoms with Crippen LogP contribution in [0.25, 0.3) is 0 Å². The molecule has 1 spiro atoms. The molecule has 39 heavy (non-hydrogen) atoms. The second kappa shape index (κ2) is 11.0. The largest absolute Gasteiger partial charge is 0.465 e. The van der Waals surface area contributed by atoms with Gasteiger partial charge in [0, 0.05) is 24.2 Å². The lowest BCUT2D eigenvalue weighted by Crippen LogP contribution is -2.58. The molecule has 1 aromatic carbocycles. The maximum absolute atomic E-state index is 13.8. The van der Waals surface area contributed by atoms with Crippen LogP contribution in [0, 0.1) is 11.8 Å². The van der Waals surface area contributed by atoms with Crippen molar-refractivity contribution in [3.05, 3.63) is 29.8 Å². The van der Waals surface area contributed by atoms with Gasteiger partial charge in [-0.15, -0.1) is 0 Å². The maximum Gasteiger partial charge on any atom is 0.318 e. The number of ether oxygens (including phenoxy) is 1. The van der Waals surface area contributed by atoms with Crippen LogP contribution < -0.4 is 21.3 Å². The van der Waals surface area contributed by atoms with E-state index in [1.165, 1.54) is 0 Å². The van der Waals surface area contributed by atoms with E-state index in [2.05, 4.69) is 21.3 Å². The molecule has 0 radical (unpaired) electrons. The summed E-state index contributed by atoms with van der Waals surface area (Å²) in [7, 11) is 1.70. The van der Waals surface area contributed by atoms with Crippen LogP contribution in [0.3, 0.4) is 0 Å². The van der Waals surface area contributed by atoms with Crippen molar-refractivity contribution in [2.75, 3.05) is 19.0 Å². The molecule has 11 heteroatoms. The first-order valence-electron chi connectivity index (χ1n) is 13.9. The molecule has 4 aliphatic rings. The quantitative estimate of drug-likeness (QED) is 0.283. The van der Waals surface area contributed by atoms with Crippen molar-refractivity contribution in [1.29, 1.82) is 0 Å². The Morgan fingerprint density at radius 3 is 2.69 bits per heavy atom. The molecule has 3 saturated heterocycles. The number of hydrogen-bond acceptors (Lipinski definition) is 7. The molecule has 5 rings (SSSR count). The van der Waals surface area contributed by atoms with Crippen molar-refractivity contribution in [3.63, 3.8) is 0 Å². The van der Waals surface area contributed by atoms with Crippen LogP contribution in [0.4, 0.5) is 5.69 Å². The van der Waals surface area contributed by atoms with Crippen molar-refractivity contribution >= 4 is 35.3 Å². The molecule has 4 N–H and O–H groups in total. The summed E-state index contributed by atoms with van der Waals surface area (Å²) in [4.78, 5) is 65.6. The highest BCUT2D eigenvalue weighted by Gasteiger charge is 2.65. The van der Waals surface area contributed by atoms with E-state index in [0.29, 0.717) is 30.9 Å². The number of rotatable bonds is 8. The molecule has 4 amide bonds. The summed E-state index contributed by atoms with van der Waals surface area (Å²) < 4.78 is 4.87. The number of hydrogen-bond donors (Lipinski definition) is 4. The predicted molar refractivity (Wildman–Crippen MR) is 141 cm³/mol. The highest BCUT2D eigenvalue weighted by Crippen LogP contribution is 2.59. The molecule has 6 atom stereocenters. The third-order valence-electron chi connectivity index (χ3n) is 8.78. The van der Waals surface area contributed by atoms with Crippen LogP contribution in [0.1, 0.15) is 57.4 Å². The third kappa shape index (κ3) is 5.36. The molecule has 1 aromatic rings. The van der Waals surface area contributed by atoms with E-state index in [4.69, 9.17) is 4.74 Å². The summed E-state index contributed by atoms with van der Waals surface area (Å²) in [6, 6.07) is 5.43. The third-order valence-corrected chi connectivity index (χ3v) is 8.78. The SMILES string of the molecule is CN[C@@H](C)C(=O)N[C@H]1CCCC2CC23CC[C@@H](C(=O)NCc2cccc(NC(=O)C4CCOC4=O)c2)N3C1=O. The van der Waals surface area contributed by atoms with Gasteiger partial charge in [0.2, 0.25) is 23.6 Å². The zero-order valence-electron chi connectivity index (χ0n) is 22.5. The summed E-state index contributed by atoms with van der Waals surface area (Å²) in [6.45, 7) is 2.22. The Labute approximate surface area is 227 Å². The molecule has 1 saturated carbocycles. The first kappa shape index (κ1) is 27.1. The van der Waals surface area contributed by atoms with Crippen LogP contribution in [0.5, 0.6) is 0 Å². The first-order valence-corrected chi connectivity index (χ1v) is 13.9. The van der Waals surface area contributed by atoms with Crippen molar-refractivity contribution in [2.45, 2.75) is 82.1 Å². The number of benzene rings is 1. The Balaban J connectivity index is 1.23. The fourth-order valence-electron chi connectivity index (χ4n) is 6.36. The van der Waals surface area contributed by atoms with E-state index >= 15 is 0 Å². The number of likely N-dealkylation sites (N-methyl/N-ethyl adjacent to an activating group) is 1. The minimum atomic E-state index is -0.806. The molecular weight excluding hydrogens is 502 g/mol. The van der Waals surface area contributed by atoms with Crippen LogP contribution in [0.15, 0.2) is 24.3 Å². The van der Waals surface area contributed by atoms with Gasteiger partial charge in [-0.2, -0.15) is 0 Å². The lowest BCUT2D eigenvalue weighted by molar-refractivity contribution is -0.145. The molecule has 3 unspecified atom stereocenters. The van der Waals surface area contributed by atoms with Gasteiger partial charge in [-0.05, 0) is 69.7 Å². The van der Waals surface area contributed by atoms with Gasteiger partial charge >= 0.3 is 5.97 Å². The van der Waals surface area contributed by atoms with Crippen molar-refractivity contribution in [3.8, 4) is 0 Å². The summed E-state index contributed by atoms with van der Waals surface area (Å²) in [5.74, 6) is -1.93. The minimum absolute atomic E-state index is 0.165. The van der Waals surface area contributed by atoms with Crippen LogP contribution in [0.2, 0.25) is 0 Å². The Morgan fingerprint density at radius 1 is 1.13 bits per heavy atom. The monoisotopic (exact) mass is 539 g/mol. The first-order chi connectivity index (χ1) is 18.7. The molecule has 0 aromatic heterocycles. The Kier molecular flexibility index (Phi) is 7.61. The fourth-order valence-corrected chi connectivity index (χ4v) is 6.36. The van der Waals surface area contributed by atoms with E-state index in [-0.39, 0.29) is 36.4 Å². The maximum atomic E-state index is 13.8. The molecule has 1 aliphatic carbocycles. The van der Waals surface area contributed by atoms with Crippen LogP contribution in [-0.2, 0) is 35.3 Å². The smallest absolute Gasteiger partial charge is 0.318 e. The summed E-state index contributed by atoms with van der Waals surface area (Å²) in [5.41, 5.74) is 1.03. The average molecular weight is 540 g/mol. The molecule has 4 fully saturated rings. The minimum Gasteiger partial charge on any atom is -0.465 e. The Hall–Kier alpha value is -3.47. The van der Waals surface area contributed by atoms with E-state index < -0.39 is 35.9 Å². The van der Waals surface area contributed by atoms with Gasteiger partial charge in [-0.25, -0.2) is 0 Å². The van der Waals surface area contributed by atoms with E-state index in [1.807, 2.05) is 6.07 Å². The lowest BCUT2D eigenvalue weighted by atomic mass is 9.98. The number of amides is 4. The second-order valence-electron chi connectivity index (χ2n) is 11.2. The zero-order chi connectivity index (χ0) is 27.7. The zero-order valence-corrected chi connectivity index (χ0v) is 22.5. The van der Waals surface area contributed by atoms with Gasteiger partial charge < -0.3 is 30.9 Å². The van der Waals surface area contributed by atoms with Gasteiger partial charge in [0.15, 0.2) is 0 Å². The van der Waals surface area contributed by atoms with Crippen LogP contribution in [-0.4, -0.2) is 71.8 Å². The van der Waals surface area contributed by atoms with Crippen molar-refractivity contribution < 1.29 is 28.7 Å². The number of carbonyl (C=O) groups is 5. The lowest BCUT2D eigenvalue weighted by Gasteiger charge is -2.36. The summed E-state index contributed by atoms with van der Waals surface area (Å²) in [5, 5.41) is 11.5. The molecular formula is C28H37N5O6. The van der Waals surface area contributed by atoms with E-state index in [9.17, 15) is 24.0 Å². The number of nitrogens with one attached hydrogen (secondary N) is 4. The summed E-state index contributed by atoms with van der Waals surface area (Å²) in [6.07, 6.45) is 5.08. The van der Waals surface area contributed by atoms with Gasteiger partial charge in [-0.3, -0.25) is 24.0 Å². The van der Waals surface area contributed by atoms with E-state index in [0.717, 1.165) is 31.2 Å². The average Bonchev–Trinajstić information content (AvgIpc) is 3.21. The molecule has 3 heterocycles. The number of nitrogens with zero attached hydrogens (tertiary/aromatic N) is 1. The normalized spacial score (nSPS) is 30.3. The fraction of sp³-hybridized carbons (Fsp3) is 0.607.